The number of hydrogen-bond acceptors (Lipinski definition) is 5. The van der Waals surface area contributed by atoms with Gasteiger partial charge in [0.1, 0.15) is 10.8 Å². The van der Waals surface area contributed by atoms with E-state index in [1.807, 2.05) is 6.92 Å². The number of sulfone groups is 1. The van der Waals surface area contributed by atoms with Crippen molar-refractivity contribution in [2.45, 2.75) is 49.8 Å². The highest BCUT2D eigenvalue weighted by Crippen LogP contribution is 2.35. The van der Waals surface area contributed by atoms with Crippen molar-refractivity contribution in [3.05, 3.63) is 0 Å². The van der Waals surface area contributed by atoms with Gasteiger partial charge in [0, 0.05) is 12.0 Å². The zero-order chi connectivity index (χ0) is 15.7. The number of carbonyl (C=O) groups excluding carboxylic acids is 1. The Bertz CT molecular complexity index is 500. The van der Waals surface area contributed by atoms with Crippen molar-refractivity contribution in [1.29, 1.82) is 0 Å². The van der Waals surface area contributed by atoms with E-state index in [0.29, 0.717) is 12.2 Å². The number of carboxylic acid groups (broad SMARTS) is 1. The second-order valence-corrected chi connectivity index (χ2v) is 9.20. The van der Waals surface area contributed by atoms with Crippen LogP contribution in [0.2, 0.25) is 0 Å². The van der Waals surface area contributed by atoms with Gasteiger partial charge in [-0.25, -0.2) is 13.2 Å². The van der Waals surface area contributed by atoms with Gasteiger partial charge in [0.2, 0.25) is 5.91 Å². The highest BCUT2D eigenvalue weighted by molar-refractivity contribution is 8.00. The van der Waals surface area contributed by atoms with E-state index in [1.165, 1.54) is 30.5 Å². The first-order valence-corrected chi connectivity index (χ1v) is 9.34. The van der Waals surface area contributed by atoms with E-state index >= 15 is 0 Å². The number of carbonyl (C=O) groups is 2. The van der Waals surface area contributed by atoms with Crippen molar-refractivity contribution < 1.29 is 23.1 Å². The fraction of sp³-hybridized carbons (Fsp3) is 0.833. The fourth-order valence-electron chi connectivity index (χ4n) is 1.96. The van der Waals surface area contributed by atoms with Crippen LogP contribution in [0.3, 0.4) is 0 Å². The first-order valence-electron chi connectivity index (χ1n) is 6.40. The minimum Gasteiger partial charge on any atom is -0.480 e. The van der Waals surface area contributed by atoms with Crippen molar-refractivity contribution in [3.63, 3.8) is 0 Å². The van der Waals surface area contributed by atoms with Crippen LogP contribution in [-0.4, -0.2) is 58.5 Å². The molecule has 8 heteroatoms. The van der Waals surface area contributed by atoms with E-state index < -0.39 is 32.5 Å². The van der Waals surface area contributed by atoms with E-state index in [0.717, 1.165) is 12.7 Å². The maximum Gasteiger partial charge on any atom is 0.327 e. The summed E-state index contributed by atoms with van der Waals surface area (Å²) in [7, 11) is -3.62. The predicted octanol–water partition coefficient (Wildman–Crippen LogP) is 0.964. The van der Waals surface area contributed by atoms with Crippen LogP contribution >= 0.6 is 11.8 Å². The average molecular weight is 323 g/mol. The summed E-state index contributed by atoms with van der Waals surface area (Å²) in [6.45, 7) is 4.60. The van der Waals surface area contributed by atoms with Crippen LogP contribution < -0.4 is 0 Å². The third-order valence-electron chi connectivity index (χ3n) is 3.59. The summed E-state index contributed by atoms with van der Waals surface area (Å²) in [5, 5.41) is 8.96. The van der Waals surface area contributed by atoms with E-state index in [2.05, 4.69) is 0 Å². The molecule has 1 heterocycles. The van der Waals surface area contributed by atoms with Gasteiger partial charge in [0.15, 0.2) is 9.84 Å². The van der Waals surface area contributed by atoms with Crippen LogP contribution in [0.4, 0.5) is 0 Å². The Kier molecular flexibility index (Phi) is 5.13. The van der Waals surface area contributed by atoms with Gasteiger partial charge >= 0.3 is 5.97 Å². The smallest absolute Gasteiger partial charge is 0.327 e. The fourth-order valence-corrected chi connectivity index (χ4v) is 3.90. The monoisotopic (exact) mass is 323 g/mol. The topological polar surface area (TPSA) is 91.8 Å². The van der Waals surface area contributed by atoms with Crippen LogP contribution in [0.25, 0.3) is 0 Å². The molecule has 20 heavy (non-hydrogen) atoms. The molecule has 0 aromatic heterocycles. The molecule has 6 nitrogen and oxygen atoms in total. The summed E-state index contributed by atoms with van der Waals surface area (Å²) in [5.41, 5.74) is 0. The summed E-state index contributed by atoms with van der Waals surface area (Å²) < 4.78 is 22.0. The lowest BCUT2D eigenvalue weighted by molar-refractivity contribution is -0.150. The quantitative estimate of drug-likeness (QED) is 0.810. The Labute approximate surface area is 123 Å². The van der Waals surface area contributed by atoms with Gasteiger partial charge in [-0.2, -0.15) is 0 Å². The Morgan fingerprint density at radius 3 is 2.35 bits per heavy atom. The molecule has 1 rings (SSSR count). The molecule has 1 aliphatic heterocycles. The van der Waals surface area contributed by atoms with Crippen molar-refractivity contribution in [2.75, 3.05) is 12.0 Å². The number of carboxylic acids is 1. The third kappa shape index (κ3) is 3.11. The van der Waals surface area contributed by atoms with Crippen molar-refractivity contribution in [1.82, 2.24) is 4.90 Å². The molecule has 1 N–H and O–H groups in total. The lowest BCUT2D eigenvalue weighted by atomic mass is 10.1. The SMILES string of the molecule is CCCC1SCC(C(=O)O)N1C(=O)C(C)(C)S(C)(=O)=O. The van der Waals surface area contributed by atoms with Gasteiger partial charge in [-0.05, 0) is 20.3 Å². The molecular weight excluding hydrogens is 302 g/mol. The Morgan fingerprint density at radius 2 is 1.95 bits per heavy atom. The van der Waals surface area contributed by atoms with Gasteiger partial charge in [-0.1, -0.05) is 13.3 Å². The molecule has 116 valence electrons. The second-order valence-electron chi connectivity index (χ2n) is 5.43. The standard InChI is InChI=1S/C12H21NO5S2/c1-5-6-9-13(8(7-19-9)10(14)15)11(16)12(2,3)20(4,17)18/h8-9H,5-7H2,1-4H3,(H,14,15). The van der Waals surface area contributed by atoms with Gasteiger partial charge in [0.25, 0.3) is 0 Å². The molecule has 1 saturated heterocycles. The lowest BCUT2D eigenvalue weighted by Gasteiger charge is -2.33. The highest BCUT2D eigenvalue weighted by Gasteiger charge is 2.49. The van der Waals surface area contributed by atoms with Crippen LogP contribution in [0.5, 0.6) is 0 Å². The highest BCUT2D eigenvalue weighted by atomic mass is 32.2. The summed E-state index contributed by atoms with van der Waals surface area (Å²) in [6.07, 6.45) is 2.45. The molecule has 0 radical (unpaired) electrons. The van der Waals surface area contributed by atoms with Crippen LogP contribution in [0.15, 0.2) is 0 Å². The van der Waals surface area contributed by atoms with E-state index in [4.69, 9.17) is 0 Å². The minimum absolute atomic E-state index is 0.269. The number of thioether (sulfide) groups is 1. The van der Waals surface area contributed by atoms with Crippen LogP contribution in [0.1, 0.15) is 33.6 Å². The van der Waals surface area contributed by atoms with E-state index in [1.54, 1.807) is 0 Å². The molecule has 0 bridgehead atoms. The lowest BCUT2D eigenvalue weighted by Crippen LogP contribution is -2.55. The maximum absolute atomic E-state index is 12.6. The molecule has 0 saturated carbocycles. The van der Waals surface area contributed by atoms with Crippen molar-refractivity contribution in [3.8, 4) is 0 Å². The van der Waals surface area contributed by atoms with E-state index in [-0.39, 0.29) is 5.37 Å². The summed E-state index contributed by atoms with van der Waals surface area (Å²) in [5.74, 6) is -1.42. The first-order chi connectivity index (χ1) is 9.04. The largest absolute Gasteiger partial charge is 0.480 e. The average Bonchev–Trinajstić information content (AvgIpc) is 2.70. The Morgan fingerprint density at radius 1 is 1.40 bits per heavy atom. The zero-order valence-electron chi connectivity index (χ0n) is 12.1. The van der Waals surface area contributed by atoms with Crippen molar-refractivity contribution in [2.24, 2.45) is 0 Å². The molecule has 0 aliphatic carbocycles. The number of nitrogens with zero attached hydrogens (tertiary/aromatic N) is 1. The molecule has 0 aromatic carbocycles. The summed E-state index contributed by atoms with van der Waals surface area (Å²) >= 11 is 1.40. The van der Waals surface area contributed by atoms with Gasteiger partial charge in [-0.15, -0.1) is 11.8 Å². The molecule has 1 aliphatic rings. The Balaban J connectivity index is 3.16. The maximum atomic E-state index is 12.6. The Hall–Kier alpha value is -0.760. The van der Waals surface area contributed by atoms with Crippen LogP contribution in [-0.2, 0) is 19.4 Å². The number of amides is 1. The molecule has 0 spiro atoms. The summed E-state index contributed by atoms with van der Waals surface area (Å²) in [4.78, 5) is 25.1. The second kappa shape index (κ2) is 5.93. The molecule has 1 fully saturated rings. The normalized spacial score (nSPS) is 23.9. The van der Waals surface area contributed by atoms with Crippen molar-refractivity contribution >= 4 is 33.5 Å². The molecular formula is C12H21NO5S2. The number of rotatable bonds is 5. The van der Waals surface area contributed by atoms with Gasteiger partial charge in [-0.3, -0.25) is 4.79 Å². The number of aliphatic carboxylic acids is 1. The first kappa shape index (κ1) is 17.3. The zero-order valence-corrected chi connectivity index (χ0v) is 13.8. The van der Waals surface area contributed by atoms with Gasteiger partial charge in [0.05, 0.1) is 5.37 Å². The molecule has 1 amide bonds. The molecule has 0 aromatic rings. The third-order valence-corrected chi connectivity index (χ3v) is 6.97. The minimum atomic E-state index is -3.62. The summed E-state index contributed by atoms with van der Waals surface area (Å²) in [6, 6.07) is -0.954. The van der Waals surface area contributed by atoms with E-state index in [9.17, 15) is 23.1 Å². The van der Waals surface area contributed by atoms with Crippen LogP contribution in [0, 0.1) is 0 Å². The van der Waals surface area contributed by atoms with Gasteiger partial charge < -0.3 is 10.0 Å². The predicted molar refractivity (Wildman–Crippen MR) is 78.3 cm³/mol. The molecule has 2 unspecified atom stereocenters. The number of hydrogen-bond donors (Lipinski definition) is 1. The molecule has 2 atom stereocenters.